The van der Waals surface area contributed by atoms with E-state index >= 15 is 0 Å². The van der Waals surface area contributed by atoms with Crippen molar-refractivity contribution in [2.45, 2.75) is 32.2 Å². The van der Waals surface area contributed by atoms with E-state index in [9.17, 15) is 9.18 Å². The number of fused-ring (bicyclic) bond motifs is 3. The van der Waals surface area contributed by atoms with Crippen LogP contribution in [0.5, 0.6) is 0 Å². The maximum atomic E-state index is 12.7. The summed E-state index contributed by atoms with van der Waals surface area (Å²) in [5.41, 5.74) is 5.34. The lowest BCUT2D eigenvalue weighted by molar-refractivity contribution is 0.0837. The molecule has 29 heavy (non-hydrogen) atoms. The van der Waals surface area contributed by atoms with Gasteiger partial charge in [0.25, 0.3) is 0 Å². The van der Waals surface area contributed by atoms with E-state index < -0.39 is 12.8 Å². The van der Waals surface area contributed by atoms with Crippen LogP contribution in [0.25, 0.3) is 10.9 Å². The van der Waals surface area contributed by atoms with Gasteiger partial charge in [0.1, 0.15) is 19.3 Å². The highest BCUT2D eigenvalue weighted by molar-refractivity contribution is 6.31. The molecule has 0 saturated carbocycles. The standard InChI is InChI=1S/C23H24ClFN2O2/c1-14(2)15-3-5-16(6-4-15)22-21-18(9-11-27(22)23(28)29-12-10-25)19-13-17(24)7-8-20(19)26-21/h3-8,13-14,22,26H,9-12H2,1-2H3. The minimum absolute atomic E-state index is 0.233. The summed E-state index contributed by atoms with van der Waals surface area (Å²) in [6.45, 7) is 3.87. The number of halogens is 2. The average Bonchev–Trinajstić information content (AvgIpc) is 3.09. The van der Waals surface area contributed by atoms with Crippen molar-refractivity contribution in [3.63, 3.8) is 0 Å². The summed E-state index contributed by atoms with van der Waals surface area (Å²) in [4.78, 5) is 17.9. The molecular formula is C23H24ClFN2O2. The second-order valence-corrected chi connectivity index (χ2v) is 8.11. The van der Waals surface area contributed by atoms with Gasteiger partial charge in [-0.25, -0.2) is 9.18 Å². The second kappa shape index (κ2) is 8.07. The molecule has 1 unspecified atom stereocenters. The summed E-state index contributed by atoms with van der Waals surface area (Å²) in [5, 5.41) is 1.76. The van der Waals surface area contributed by atoms with Crippen molar-refractivity contribution < 1.29 is 13.9 Å². The van der Waals surface area contributed by atoms with Crippen LogP contribution < -0.4 is 0 Å². The Morgan fingerprint density at radius 2 is 2.03 bits per heavy atom. The van der Waals surface area contributed by atoms with Gasteiger partial charge in [0.2, 0.25) is 0 Å². The number of hydrogen-bond acceptors (Lipinski definition) is 2. The molecule has 0 spiro atoms. The first-order valence-corrected chi connectivity index (χ1v) is 10.3. The van der Waals surface area contributed by atoms with E-state index in [0.29, 0.717) is 23.9 Å². The van der Waals surface area contributed by atoms with E-state index in [4.69, 9.17) is 16.3 Å². The lowest BCUT2D eigenvalue weighted by atomic mass is 9.91. The molecule has 1 atom stereocenters. The number of H-pyrrole nitrogens is 1. The minimum Gasteiger partial charge on any atom is -0.447 e. The predicted molar refractivity (Wildman–Crippen MR) is 113 cm³/mol. The number of amides is 1. The molecule has 1 N–H and O–H groups in total. The van der Waals surface area contributed by atoms with Gasteiger partial charge in [0.05, 0.1) is 0 Å². The van der Waals surface area contributed by atoms with E-state index in [2.05, 4.69) is 43.1 Å². The number of carbonyl (C=O) groups excluding carboxylic acids is 1. The van der Waals surface area contributed by atoms with Crippen LogP contribution in [-0.4, -0.2) is 35.8 Å². The van der Waals surface area contributed by atoms with Crippen LogP contribution in [0.15, 0.2) is 42.5 Å². The van der Waals surface area contributed by atoms with Gasteiger partial charge in [-0.2, -0.15) is 0 Å². The Kier molecular flexibility index (Phi) is 5.50. The van der Waals surface area contributed by atoms with Gasteiger partial charge >= 0.3 is 6.09 Å². The Balaban J connectivity index is 1.81. The van der Waals surface area contributed by atoms with Crippen LogP contribution in [0.2, 0.25) is 5.02 Å². The molecule has 0 saturated heterocycles. The average molecular weight is 415 g/mol. The number of benzene rings is 2. The number of carbonyl (C=O) groups is 1. The first-order valence-electron chi connectivity index (χ1n) is 9.88. The first kappa shape index (κ1) is 19.8. The van der Waals surface area contributed by atoms with Gasteiger partial charge in [0, 0.05) is 28.2 Å². The van der Waals surface area contributed by atoms with E-state index in [-0.39, 0.29) is 12.6 Å². The molecule has 0 bridgehead atoms. The smallest absolute Gasteiger partial charge is 0.410 e. The number of nitrogens with one attached hydrogen (secondary N) is 1. The minimum atomic E-state index is -0.691. The third-order valence-electron chi connectivity index (χ3n) is 5.55. The molecule has 4 nitrogen and oxygen atoms in total. The number of hydrogen-bond donors (Lipinski definition) is 1. The molecule has 0 aliphatic carbocycles. The van der Waals surface area contributed by atoms with Crippen LogP contribution in [0, 0.1) is 0 Å². The zero-order chi connectivity index (χ0) is 20.5. The predicted octanol–water partition coefficient (Wildman–Crippen LogP) is 6.00. The van der Waals surface area contributed by atoms with Gasteiger partial charge < -0.3 is 9.72 Å². The molecule has 2 heterocycles. The maximum absolute atomic E-state index is 12.7. The fourth-order valence-electron chi connectivity index (χ4n) is 4.08. The summed E-state index contributed by atoms with van der Waals surface area (Å²) < 4.78 is 17.7. The summed E-state index contributed by atoms with van der Waals surface area (Å²) in [5.74, 6) is 0.423. The molecule has 6 heteroatoms. The Hall–Kier alpha value is -2.53. The van der Waals surface area contributed by atoms with Gasteiger partial charge in [-0.3, -0.25) is 4.90 Å². The normalized spacial score (nSPS) is 16.3. The molecule has 0 fully saturated rings. The first-order chi connectivity index (χ1) is 14.0. The van der Waals surface area contributed by atoms with Crippen molar-refractivity contribution in [1.82, 2.24) is 9.88 Å². The summed E-state index contributed by atoms with van der Waals surface area (Å²) in [7, 11) is 0. The summed E-state index contributed by atoms with van der Waals surface area (Å²) >= 11 is 6.22. The van der Waals surface area contributed by atoms with Crippen molar-refractivity contribution in [1.29, 1.82) is 0 Å². The zero-order valence-electron chi connectivity index (χ0n) is 16.5. The number of rotatable bonds is 4. The molecular weight excluding hydrogens is 391 g/mol. The van der Waals surface area contributed by atoms with Crippen molar-refractivity contribution in [2.75, 3.05) is 19.8 Å². The Morgan fingerprint density at radius 1 is 1.28 bits per heavy atom. The van der Waals surface area contributed by atoms with Crippen molar-refractivity contribution in [3.8, 4) is 0 Å². The third kappa shape index (κ3) is 3.71. The Labute approximate surface area is 174 Å². The monoisotopic (exact) mass is 414 g/mol. The molecule has 1 aliphatic rings. The SMILES string of the molecule is CC(C)c1ccc(C2c3[nH]c4ccc(Cl)cc4c3CCN2C(=O)OCCF)cc1. The lowest BCUT2D eigenvalue weighted by Gasteiger charge is -2.35. The van der Waals surface area contributed by atoms with E-state index in [1.54, 1.807) is 4.90 Å². The van der Waals surface area contributed by atoms with E-state index in [1.807, 2.05) is 18.2 Å². The second-order valence-electron chi connectivity index (χ2n) is 7.68. The van der Waals surface area contributed by atoms with Crippen molar-refractivity contribution >= 4 is 28.6 Å². The molecule has 2 aromatic carbocycles. The highest BCUT2D eigenvalue weighted by Gasteiger charge is 2.35. The number of nitrogens with zero attached hydrogens (tertiary/aromatic N) is 1. The third-order valence-corrected chi connectivity index (χ3v) is 5.78. The highest BCUT2D eigenvalue weighted by Crippen LogP contribution is 2.39. The van der Waals surface area contributed by atoms with Gasteiger partial charge in [0.15, 0.2) is 0 Å². The quantitative estimate of drug-likeness (QED) is 0.569. The number of aromatic nitrogens is 1. The summed E-state index contributed by atoms with van der Waals surface area (Å²) in [6, 6.07) is 13.8. The Morgan fingerprint density at radius 3 is 2.72 bits per heavy atom. The van der Waals surface area contributed by atoms with Crippen LogP contribution in [0.4, 0.5) is 9.18 Å². The highest BCUT2D eigenvalue weighted by atomic mass is 35.5. The zero-order valence-corrected chi connectivity index (χ0v) is 17.3. The van der Waals surface area contributed by atoms with E-state index in [0.717, 1.165) is 27.7 Å². The molecule has 4 rings (SSSR count). The molecule has 1 amide bonds. The molecule has 0 radical (unpaired) electrons. The van der Waals surface area contributed by atoms with Crippen LogP contribution >= 0.6 is 11.6 Å². The topological polar surface area (TPSA) is 45.3 Å². The van der Waals surface area contributed by atoms with Gasteiger partial charge in [-0.05, 0) is 47.2 Å². The fraction of sp³-hybridized carbons (Fsp3) is 0.348. The van der Waals surface area contributed by atoms with E-state index in [1.165, 1.54) is 5.56 Å². The largest absolute Gasteiger partial charge is 0.447 e. The summed E-state index contributed by atoms with van der Waals surface area (Å²) in [6.07, 6.45) is 0.184. The molecule has 1 aromatic heterocycles. The van der Waals surface area contributed by atoms with Crippen molar-refractivity contribution in [2.24, 2.45) is 0 Å². The maximum Gasteiger partial charge on any atom is 0.410 e. The van der Waals surface area contributed by atoms with Crippen LogP contribution in [0.3, 0.4) is 0 Å². The molecule has 152 valence electrons. The number of aromatic amines is 1. The van der Waals surface area contributed by atoms with Gasteiger partial charge in [-0.15, -0.1) is 0 Å². The van der Waals surface area contributed by atoms with Gasteiger partial charge in [-0.1, -0.05) is 49.7 Å². The lowest BCUT2D eigenvalue weighted by Crippen LogP contribution is -2.41. The Bertz CT molecular complexity index is 1030. The fourth-order valence-corrected chi connectivity index (χ4v) is 4.25. The molecule has 3 aromatic rings. The molecule has 1 aliphatic heterocycles. The number of alkyl halides is 1. The van der Waals surface area contributed by atoms with Crippen LogP contribution in [0.1, 0.15) is 48.2 Å². The van der Waals surface area contributed by atoms with Crippen LogP contribution in [-0.2, 0) is 11.2 Å². The van der Waals surface area contributed by atoms with Crippen molar-refractivity contribution in [3.05, 3.63) is 69.9 Å². The number of ether oxygens (including phenoxy) is 1.